The number of carbonyl (C=O) groups is 1. The Morgan fingerprint density at radius 1 is 1.21 bits per heavy atom. The molecule has 0 bridgehead atoms. The van der Waals surface area contributed by atoms with Gasteiger partial charge in [0, 0.05) is 7.05 Å². The number of para-hydroxylation sites is 2. The Morgan fingerprint density at radius 3 is 2.75 bits per heavy atom. The lowest BCUT2D eigenvalue weighted by molar-refractivity contribution is -0.121. The van der Waals surface area contributed by atoms with Crippen LogP contribution in [0.4, 0.5) is 0 Å². The second-order valence-electron chi connectivity index (χ2n) is 5.42. The van der Waals surface area contributed by atoms with Crippen molar-refractivity contribution in [3.05, 3.63) is 58.9 Å². The summed E-state index contributed by atoms with van der Waals surface area (Å²) in [7, 11) is 1.94. The summed E-state index contributed by atoms with van der Waals surface area (Å²) in [5.41, 5.74) is 4.75. The molecule has 0 spiro atoms. The van der Waals surface area contributed by atoms with Gasteiger partial charge in [0.25, 0.3) is 0 Å². The van der Waals surface area contributed by atoms with E-state index < -0.39 is 0 Å². The number of aryl methyl sites for hydroxylation is 2. The van der Waals surface area contributed by atoms with E-state index in [-0.39, 0.29) is 12.3 Å². The molecule has 3 rings (SSSR count). The maximum atomic E-state index is 11.9. The molecule has 0 aliphatic heterocycles. The van der Waals surface area contributed by atoms with E-state index in [4.69, 9.17) is 4.74 Å². The average molecular weight is 341 g/mol. The summed E-state index contributed by atoms with van der Waals surface area (Å²) < 4.78 is 8.72. The number of nitrogens with one attached hydrogen (secondary N) is 1. The minimum Gasteiger partial charge on any atom is -0.493 e. The van der Waals surface area contributed by atoms with Crippen LogP contribution in [-0.2, 0) is 11.8 Å². The zero-order valence-corrected chi connectivity index (χ0v) is 14.5. The van der Waals surface area contributed by atoms with Gasteiger partial charge in [-0.1, -0.05) is 41.7 Å². The average Bonchev–Trinajstić information content (AvgIpc) is 2.91. The molecule has 1 aromatic heterocycles. The summed E-state index contributed by atoms with van der Waals surface area (Å²) >= 11 is 1.54. The van der Waals surface area contributed by atoms with Crippen LogP contribution >= 0.6 is 11.3 Å². The first-order chi connectivity index (χ1) is 11.6. The Bertz CT molecular complexity index is 927. The second-order valence-corrected chi connectivity index (χ2v) is 6.43. The summed E-state index contributed by atoms with van der Waals surface area (Å²) in [6, 6.07) is 15.8. The quantitative estimate of drug-likeness (QED) is 0.726. The SMILES string of the molecule is Cc1ccccc1OCCC(=O)NN=c1sc2ccccc2n1C. The van der Waals surface area contributed by atoms with Gasteiger partial charge in [-0.15, -0.1) is 5.10 Å². The van der Waals surface area contributed by atoms with Crippen molar-refractivity contribution >= 4 is 27.5 Å². The monoisotopic (exact) mass is 341 g/mol. The second kappa shape index (κ2) is 7.31. The van der Waals surface area contributed by atoms with Crippen LogP contribution in [0, 0.1) is 6.92 Å². The maximum absolute atomic E-state index is 11.9. The van der Waals surface area contributed by atoms with Gasteiger partial charge in [0.2, 0.25) is 10.7 Å². The van der Waals surface area contributed by atoms with Crippen LogP contribution in [0.2, 0.25) is 0 Å². The number of hydrogen-bond acceptors (Lipinski definition) is 4. The first-order valence-corrected chi connectivity index (χ1v) is 8.52. The van der Waals surface area contributed by atoms with E-state index in [1.54, 1.807) is 0 Å². The van der Waals surface area contributed by atoms with Crippen LogP contribution in [0.25, 0.3) is 10.2 Å². The molecule has 0 saturated carbocycles. The van der Waals surface area contributed by atoms with E-state index in [1.807, 2.05) is 67.1 Å². The number of thiazole rings is 1. The molecule has 24 heavy (non-hydrogen) atoms. The highest BCUT2D eigenvalue weighted by atomic mass is 32.1. The molecule has 2 aromatic carbocycles. The normalized spacial score (nSPS) is 11.7. The Hall–Kier alpha value is -2.60. The van der Waals surface area contributed by atoms with Crippen molar-refractivity contribution in [3.63, 3.8) is 0 Å². The minimum absolute atomic E-state index is 0.166. The number of nitrogens with zero attached hydrogens (tertiary/aromatic N) is 2. The number of ether oxygens (including phenoxy) is 1. The van der Waals surface area contributed by atoms with Crippen LogP contribution in [0.15, 0.2) is 53.6 Å². The summed E-state index contributed by atoms with van der Waals surface area (Å²) in [5, 5.41) is 4.21. The van der Waals surface area contributed by atoms with E-state index in [1.165, 1.54) is 11.3 Å². The summed E-state index contributed by atoms with van der Waals surface area (Å²) in [4.78, 5) is 12.7. The highest BCUT2D eigenvalue weighted by Gasteiger charge is 2.04. The Morgan fingerprint density at radius 2 is 1.96 bits per heavy atom. The third-order valence-corrected chi connectivity index (χ3v) is 4.78. The molecule has 1 amide bonds. The number of fused-ring (bicyclic) bond motifs is 1. The maximum Gasteiger partial charge on any atom is 0.243 e. The predicted molar refractivity (Wildman–Crippen MR) is 95.8 cm³/mol. The van der Waals surface area contributed by atoms with Gasteiger partial charge in [-0.05, 0) is 30.7 Å². The van der Waals surface area contributed by atoms with Crippen molar-refractivity contribution in [2.24, 2.45) is 12.1 Å². The lowest BCUT2D eigenvalue weighted by Crippen LogP contribution is -2.24. The molecular weight excluding hydrogens is 322 g/mol. The van der Waals surface area contributed by atoms with Crippen molar-refractivity contribution in [1.29, 1.82) is 0 Å². The van der Waals surface area contributed by atoms with E-state index >= 15 is 0 Å². The Kier molecular flexibility index (Phi) is 4.96. The fraction of sp³-hybridized carbons (Fsp3) is 0.222. The van der Waals surface area contributed by atoms with Gasteiger partial charge in [-0.2, -0.15) is 0 Å². The van der Waals surface area contributed by atoms with Gasteiger partial charge < -0.3 is 9.30 Å². The summed E-state index contributed by atoms with van der Waals surface area (Å²) in [6.07, 6.45) is 0.256. The molecular formula is C18H19N3O2S. The number of hydrogen-bond donors (Lipinski definition) is 1. The molecule has 1 N–H and O–H groups in total. The standard InChI is InChI=1S/C18H19N3O2S/c1-13-7-3-5-9-15(13)23-12-11-17(22)19-20-18-21(2)14-8-4-6-10-16(14)24-18/h3-10H,11-12H2,1-2H3,(H,19,22). The summed E-state index contributed by atoms with van der Waals surface area (Å²) in [5.74, 6) is 0.638. The molecule has 0 radical (unpaired) electrons. The highest BCUT2D eigenvalue weighted by molar-refractivity contribution is 7.16. The van der Waals surface area contributed by atoms with Gasteiger partial charge in [-0.25, -0.2) is 5.43 Å². The molecule has 1 heterocycles. The number of amides is 1. The molecule has 0 fully saturated rings. The molecule has 6 heteroatoms. The lowest BCUT2D eigenvalue weighted by atomic mass is 10.2. The third-order valence-electron chi connectivity index (χ3n) is 3.67. The molecule has 0 atom stereocenters. The zero-order valence-electron chi connectivity index (χ0n) is 13.7. The minimum atomic E-state index is -0.166. The van der Waals surface area contributed by atoms with Crippen molar-refractivity contribution in [3.8, 4) is 5.75 Å². The Balaban J connectivity index is 1.58. The van der Waals surface area contributed by atoms with Crippen LogP contribution in [0.1, 0.15) is 12.0 Å². The van der Waals surface area contributed by atoms with Crippen molar-refractivity contribution in [2.75, 3.05) is 6.61 Å². The van der Waals surface area contributed by atoms with Crippen molar-refractivity contribution in [1.82, 2.24) is 9.99 Å². The van der Waals surface area contributed by atoms with Gasteiger partial charge >= 0.3 is 0 Å². The number of aromatic nitrogens is 1. The molecule has 0 aliphatic carbocycles. The largest absolute Gasteiger partial charge is 0.493 e. The smallest absolute Gasteiger partial charge is 0.243 e. The first kappa shape index (κ1) is 16.3. The topological polar surface area (TPSA) is 55.6 Å². The molecule has 0 saturated heterocycles. The van der Waals surface area contributed by atoms with E-state index in [9.17, 15) is 4.79 Å². The van der Waals surface area contributed by atoms with Crippen LogP contribution < -0.4 is 15.0 Å². The molecule has 124 valence electrons. The van der Waals surface area contributed by atoms with Crippen molar-refractivity contribution in [2.45, 2.75) is 13.3 Å². The van der Waals surface area contributed by atoms with Gasteiger partial charge in [0.1, 0.15) is 5.75 Å². The highest BCUT2D eigenvalue weighted by Crippen LogP contribution is 2.16. The fourth-order valence-electron chi connectivity index (χ4n) is 2.33. The fourth-order valence-corrected chi connectivity index (χ4v) is 3.31. The number of carbonyl (C=O) groups excluding carboxylic acids is 1. The predicted octanol–water partition coefficient (Wildman–Crippen LogP) is 2.95. The molecule has 0 aliphatic rings. The third kappa shape index (κ3) is 3.65. The molecule has 5 nitrogen and oxygen atoms in total. The van der Waals surface area contributed by atoms with Crippen molar-refractivity contribution < 1.29 is 9.53 Å². The number of rotatable bonds is 5. The van der Waals surface area contributed by atoms with Crippen LogP contribution in [0.3, 0.4) is 0 Å². The summed E-state index contributed by atoms with van der Waals surface area (Å²) in [6.45, 7) is 2.30. The molecule has 3 aromatic rings. The van der Waals surface area contributed by atoms with Crippen LogP contribution in [0.5, 0.6) is 5.75 Å². The van der Waals surface area contributed by atoms with Gasteiger partial charge in [0.15, 0.2) is 0 Å². The van der Waals surface area contributed by atoms with Gasteiger partial charge in [-0.3, -0.25) is 4.79 Å². The lowest BCUT2D eigenvalue weighted by Gasteiger charge is -2.07. The first-order valence-electron chi connectivity index (χ1n) is 7.71. The zero-order chi connectivity index (χ0) is 16.9. The Labute approximate surface area is 144 Å². The molecule has 0 unspecified atom stereocenters. The van der Waals surface area contributed by atoms with Crippen LogP contribution in [-0.4, -0.2) is 17.1 Å². The van der Waals surface area contributed by atoms with Gasteiger partial charge in [0.05, 0.1) is 23.2 Å². The van der Waals surface area contributed by atoms with E-state index in [0.29, 0.717) is 6.61 Å². The van der Waals surface area contributed by atoms with E-state index in [0.717, 1.165) is 26.3 Å². The number of benzene rings is 2. The van der Waals surface area contributed by atoms with E-state index in [2.05, 4.69) is 10.5 Å².